The monoisotopic (exact) mass is 279 g/mol. The van der Waals surface area contributed by atoms with Crippen LogP contribution in [0, 0.1) is 5.92 Å². The average Bonchev–Trinajstić information content (AvgIpc) is 2.29. The van der Waals surface area contributed by atoms with Crippen LogP contribution in [0.25, 0.3) is 0 Å². The van der Waals surface area contributed by atoms with E-state index < -0.39 is 0 Å². The minimum atomic E-state index is -0.175. The van der Waals surface area contributed by atoms with Crippen LogP contribution in [0.5, 0.6) is 0 Å². The Balaban J connectivity index is 2.11. The highest BCUT2D eigenvalue weighted by Crippen LogP contribution is 2.38. The van der Waals surface area contributed by atoms with E-state index in [9.17, 15) is 0 Å². The molecule has 0 spiro atoms. The minimum Gasteiger partial charge on any atom is -0.325 e. The number of halogens is 1. The predicted octanol–water partition coefficient (Wildman–Crippen LogP) is 4.91. The van der Waals surface area contributed by atoms with E-state index >= 15 is 0 Å². The van der Waals surface area contributed by atoms with E-state index in [1.54, 1.807) is 0 Å². The van der Waals surface area contributed by atoms with Crippen LogP contribution in [0.3, 0.4) is 0 Å². The van der Waals surface area contributed by atoms with Crippen LogP contribution in [0.1, 0.15) is 63.5 Å². The van der Waals surface area contributed by atoms with Gasteiger partial charge in [-0.1, -0.05) is 43.5 Å². The topological polar surface area (TPSA) is 26.0 Å². The Morgan fingerprint density at radius 2 is 1.84 bits per heavy atom. The van der Waals surface area contributed by atoms with Gasteiger partial charge in [-0.15, -0.1) is 0 Å². The predicted molar refractivity (Wildman–Crippen MR) is 83.8 cm³/mol. The van der Waals surface area contributed by atoms with Crippen molar-refractivity contribution in [1.29, 1.82) is 0 Å². The molecule has 0 radical (unpaired) electrons. The van der Waals surface area contributed by atoms with E-state index in [1.165, 1.54) is 36.8 Å². The van der Waals surface area contributed by atoms with Gasteiger partial charge < -0.3 is 5.73 Å². The summed E-state index contributed by atoms with van der Waals surface area (Å²) in [6.07, 6.45) is 6.09. The molecule has 106 valence electrons. The summed E-state index contributed by atoms with van der Waals surface area (Å²) in [6.45, 7) is 6.46. The third kappa shape index (κ3) is 4.22. The molecule has 1 aliphatic rings. The molecule has 19 heavy (non-hydrogen) atoms. The molecule has 0 aromatic heterocycles. The quantitative estimate of drug-likeness (QED) is 0.835. The Hall–Kier alpha value is -0.530. The van der Waals surface area contributed by atoms with Gasteiger partial charge in [0.15, 0.2) is 0 Å². The summed E-state index contributed by atoms with van der Waals surface area (Å²) in [5.41, 5.74) is 8.48. The summed E-state index contributed by atoms with van der Waals surface area (Å²) in [7, 11) is 0. The smallest absolute Gasteiger partial charge is 0.0443 e. The fourth-order valence-corrected chi connectivity index (χ4v) is 3.47. The summed E-state index contributed by atoms with van der Waals surface area (Å²) in [6, 6.07) is 6.54. The zero-order chi connectivity index (χ0) is 14.0. The van der Waals surface area contributed by atoms with E-state index in [-0.39, 0.29) is 5.54 Å². The molecule has 0 saturated heterocycles. The van der Waals surface area contributed by atoms with Crippen molar-refractivity contribution in [3.63, 3.8) is 0 Å². The Labute approximate surface area is 122 Å². The Kier molecular flexibility index (Phi) is 4.58. The van der Waals surface area contributed by atoms with Crippen LogP contribution >= 0.6 is 11.6 Å². The maximum atomic E-state index is 6.49. The third-order valence-corrected chi connectivity index (χ3v) is 4.51. The molecule has 1 fully saturated rings. The first-order valence-electron chi connectivity index (χ1n) is 7.42. The average molecular weight is 280 g/mol. The largest absolute Gasteiger partial charge is 0.325 e. The van der Waals surface area contributed by atoms with E-state index in [0.29, 0.717) is 5.92 Å². The highest BCUT2D eigenvalue weighted by Gasteiger charge is 2.22. The highest BCUT2D eigenvalue weighted by atomic mass is 35.5. The van der Waals surface area contributed by atoms with Gasteiger partial charge in [-0.3, -0.25) is 0 Å². The lowest BCUT2D eigenvalue weighted by Gasteiger charge is -2.27. The first-order chi connectivity index (χ1) is 8.85. The molecule has 2 heteroatoms. The summed E-state index contributed by atoms with van der Waals surface area (Å²) < 4.78 is 0. The SMILES string of the molecule is CC1CCC(c2ccc(CC(C)(C)N)cc2Cl)CC1. The van der Waals surface area contributed by atoms with Crippen molar-refractivity contribution >= 4 is 11.6 Å². The van der Waals surface area contributed by atoms with Crippen molar-refractivity contribution in [2.75, 3.05) is 0 Å². The van der Waals surface area contributed by atoms with Gasteiger partial charge >= 0.3 is 0 Å². The van der Waals surface area contributed by atoms with Crippen molar-refractivity contribution in [2.45, 2.75) is 64.3 Å². The van der Waals surface area contributed by atoms with E-state index in [1.807, 2.05) is 0 Å². The number of nitrogens with two attached hydrogens (primary N) is 1. The van der Waals surface area contributed by atoms with Crippen LogP contribution in [-0.4, -0.2) is 5.54 Å². The lowest BCUT2D eigenvalue weighted by Crippen LogP contribution is -2.34. The second-order valence-electron chi connectivity index (χ2n) is 6.98. The molecule has 1 aliphatic carbocycles. The van der Waals surface area contributed by atoms with Crippen molar-refractivity contribution in [3.8, 4) is 0 Å². The minimum absolute atomic E-state index is 0.175. The van der Waals surface area contributed by atoms with Crippen LogP contribution in [0.2, 0.25) is 5.02 Å². The highest BCUT2D eigenvalue weighted by molar-refractivity contribution is 6.31. The van der Waals surface area contributed by atoms with Gasteiger partial charge in [-0.25, -0.2) is 0 Å². The van der Waals surface area contributed by atoms with Gasteiger partial charge in [0.05, 0.1) is 0 Å². The molecule has 0 aliphatic heterocycles. The van der Waals surface area contributed by atoms with Gasteiger partial charge in [0.2, 0.25) is 0 Å². The summed E-state index contributed by atoms with van der Waals surface area (Å²) in [5.74, 6) is 1.54. The Bertz CT molecular complexity index is 425. The zero-order valence-electron chi connectivity index (χ0n) is 12.4. The molecule has 0 heterocycles. The molecule has 2 rings (SSSR count). The second-order valence-corrected chi connectivity index (χ2v) is 7.39. The van der Waals surface area contributed by atoms with Crippen molar-refractivity contribution in [2.24, 2.45) is 11.7 Å². The molecular formula is C17H26ClN. The number of benzene rings is 1. The number of hydrogen-bond donors (Lipinski definition) is 1. The molecule has 1 nitrogen and oxygen atoms in total. The van der Waals surface area contributed by atoms with Crippen LogP contribution < -0.4 is 5.73 Å². The fourth-order valence-electron chi connectivity index (χ4n) is 3.11. The molecule has 0 atom stereocenters. The molecule has 0 unspecified atom stereocenters. The third-order valence-electron chi connectivity index (χ3n) is 4.18. The van der Waals surface area contributed by atoms with E-state index in [4.69, 9.17) is 17.3 Å². The summed E-state index contributed by atoms with van der Waals surface area (Å²) in [4.78, 5) is 0. The van der Waals surface area contributed by atoms with Crippen LogP contribution in [-0.2, 0) is 6.42 Å². The molecule has 0 bridgehead atoms. The molecule has 1 aromatic rings. The van der Waals surface area contributed by atoms with E-state index in [0.717, 1.165) is 17.4 Å². The van der Waals surface area contributed by atoms with Crippen LogP contribution in [0.4, 0.5) is 0 Å². The maximum absolute atomic E-state index is 6.49. The van der Waals surface area contributed by atoms with Crippen LogP contribution in [0.15, 0.2) is 18.2 Å². The van der Waals surface area contributed by atoms with Gasteiger partial charge in [-0.2, -0.15) is 0 Å². The lowest BCUT2D eigenvalue weighted by molar-refractivity contribution is 0.348. The maximum Gasteiger partial charge on any atom is 0.0443 e. The zero-order valence-corrected chi connectivity index (χ0v) is 13.1. The van der Waals surface area contributed by atoms with Gasteiger partial charge in [0.1, 0.15) is 0 Å². The molecule has 1 aromatic carbocycles. The van der Waals surface area contributed by atoms with Gasteiger partial charge in [0, 0.05) is 10.6 Å². The number of rotatable bonds is 3. The second kappa shape index (κ2) is 5.85. The van der Waals surface area contributed by atoms with Gasteiger partial charge in [-0.05, 0) is 62.1 Å². The lowest BCUT2D eigenvalue weighted by atomic mass is 9.79. The molecule has 1 saturated carbocycles. The van der Waals surface area contributed by atoms with E-state index in [2.05, 4.69) is 39.0 Å². The van der Waals surface area contributed by atoms with Crippen molar-refractivity contribution in [1.82, 2.24) is 0 Å². The first-order valence-corrected chi connectivity index (χ1v) is 7.80. The summed E-state index contributed by atoms with van der Waals surface area (Å²) in [5, 5.41) is 0.932. The number of hydrogen-bond acceptors (Lipinski definition) is 1. The molecule has 0 amide bonds. The summed E-state index contributed by atoms with van der Waals surface area (Å²) >= 11 is 6.49. The van der Waals surface area contributed by atoms with Crippen molar-refractivity contribution < 1.29 is 0 Å². The molecular weight excluding hydrogens is 254 g/mol. The first kappa shape index (κ1) is 14.9. The normalized spacial score (nSPS) is 24.5. The fraction of sp³-hybridized carbons (Fsp3) is 0.647. The van der Waals surface area contributed by atoms with Crippen molar-refractivity contribution in [3.05, 3.63) is 34.3 Å². The standard InChI is InChI=1S/C17H26ClN/c1-12-4-7-14(8-5-12)15-9-6-13(10-16(15)18)11-17(2,3)19/h6,9-10,12,14H,4-5,7-8,11,19H2,1-3H3. The molecule has 2 N–H and O–H groups in total. The Morgan fingerprint density at radius 1 is 1.21 bits per heavy atom. The Morgan fingerprint density at radius 3 is 2.37 bits per heavy atom. The van der Waals surface area contributed by atoms with Gasteiger partial charge in [0.25, 0.3) is 0 Å².